The summed E-state index contributed by atoms with van der Waals surface area (Å²) in [6, 6.07) is 2.65. The zero-order chi connectivity index (χ0) is 19.9. The van der Waals surface area contributed by atoms with Crippen molar-refractivity contribution in [2.24, 2.45) is 5.92 Å². The number of aromatic nitrogens is 2. The largest absolute Gasteiger partial charge is 0.483 e. The molecule has 2 aromatic heterocycles. The third-order valence-electron chi connectivity index (χ3n) is 5.59. The monoisotopic (exact) mass is 405 g/mol. The van der Waals surface area contributed by atoms with Gasteiger partial charge in [-0.15, -0.1) is 11.3 Å². The fourth-order valence-electron chi connectivity index (χ4n) is 4.17. The molecule has 2 aromatic rings. The van der Waals surface area contributed by atoms with Crippen molar-refractivity contribution < 1.29 is 19.8 Å². The van der Waals surface area contributed by atoms with Gasteiger partial charge in [0, 0.05) is 25.0 Å². The molecular weight excluding hydrogens is 378 g/mol. The van der Waals surface area contributed by atoms with E-state index in [2.05, 4.69) is 32.1 Å². The molecule has 4 rings (SSSR count). The predicted molar refractivity (Wildman–Crippen MR) is 107 cm³/mol. The van der Waals surface area contributed by atoms with Gasteiger partial charge in [0.2, 0.25) is 0 Å². The van der Waals surface area contributed by atoms with Crippen LogP contribution in [0.1, 0.15) is 50.1 Å². The van der Waals surface area contributed by atoms with Crippen molar-refractivity contribution in [1.29, 1.82) is 0 Å². The molecule has 1 aliphatic heterocycles. The summed E-state index contributed by atoms with van der Waals surface area (Å²) in [5.74, 6) is 0.225. The van der Waals surface area contributed by atoms with Crippen molar-refractivity contribution >= 4 is 23.8 Å². The Morgan fingerprint density at radius 3 is 2.57 bits per heavy atom. The number of carbonyl (C=O) groups is 2. The average Bonchev–Trinajstić information content (AvgIpc) is 3.44. The fourth-order valence-corrected chi connectivity index (χ4v) is 5.08. The van der Waals surface area contributed by atoms with Crippen LogP contribution in [0.5, 0.6) is 0 Å². The maximum atomic E-state index is 11.2. The molecule has 0 unspecified atom stereocenters. The molecule has 2 N–H and O–H groups in total. The maximum Gasteiger partial charge on any atom is 0.306 e. The van der Waals surface area contributed by atoms with Crippen molar-refractivity contribution in [3.05, 3.63) is 29.4 Å². The maximum absolute atomic E-state index is 11.2. The molecule has 1 aliphatic carbocycles. The molecule has 3 heterocycles. The number of imidazole rings is 1. The normalized spacial score (nSPS) is 22.4. The number of nitrogens with zero attached hydrogens (tertiary/aromatic N) is 3. The van der Waals surface area contributed by atoms with Gasteiger partial charge in [-0.25, -0.2) is 4.98 Å². The Morgan fingerprint density at radius 2 is 1.93 bits per heavy atom. The smallest absolute Gasteiger partial charge is 0.306 e. The predicted octanol–water partition coefficient (Wildman–Crippen LogP) is 3.72. The lowest BCUT2D eigenvalue weighted by atomic mass is 9.86. The van der Waals surface area contributed by atoms with Gasteiger partial charge in [-0.2, -0.15) is 0 Å². The molecule has 1 saturated carbocycles. The Kier molecular flexibility index (Phi) is 7.22. The van der Waals surface area contributed by atoms with E-state index in [1.807, 2.05) is 6.20 Å². The van der Waals surface area contributed by atoms with E-state index in [0.717, 1.165) is 38.1 Å². The highest BCUT2D eigenvalue weighted by atomic mass is 32.1. The van der Waals surface area contributed by atoms with Gasteiger partial charge < -0.3 is 14.8 Å². The topological polar surface area (TPSA) is 95.7 Å². The zero-order valence-corrected chi connectivity index (χ0v) is 16.7. The molecule has 0 atom stereocenters. The molecule has 2 fully saturated rings. The van der Waals surface area contributed by atoms with Crippen LogP contribution in [0.2, 0.25) is 0 Å². The van der Waals surface area contributed by atoms with Crippen LogP contribution in [0, 0.1) is 5.92 Å². The van der Waals surface area contributed by atoms with Gasteiger partial charge in [-0.1, -0.05) is 0 Å². The van der Waals surface area contributed by atoms with Crippen LogP contribution in [-0.2, 0) is 16.1 Å². The van der Waals surface area contributed by atoms with Gasteiger partial charge in [0.15, 0.2) is 0 Å². The highest BCUT2D eigenvalue weighted by molar-refractivity contribution is 7.13. The Labute approximate surface area is 168 Å². The molecule has 0 spiro atoms. The molecular formula is C20H27N3O4S. The molecule has 0 aromatic carbocycles. The standard InChI is InChI=1S/C19H25N3O2S.CH2O2/c23-19(24)15-3-5-16(6-4-15)22-10-7-20-18(22)17-11-14(13-25-17)12-21-8-1-2-9-21;2-1-3/h7,10-11,13,15-16H,1-6,8-9,12H2,(H,23,24);1H,(H,2,3). The van der Waals surface area contributed by atoms with E-state index in [0.29, 0.717) is 6.04 Å². The first-order valence-corrected chi connectivity index (χ1v) is 10.6. The number of carboxylic acids is 1. The number of hydrogen-bond donors (Lipinski definition) is 2. The van der Waals surface area contributed by atoms with E-state index in [-0.39, 0.29) is 12.4 Å². The first-order chi connectivity index (χ1) is 13.6. The Bertz CT molecular complexity index is 774. The van der Waals surface area contributed by atoms with Gasteiger partial charge in [0.25, 0.3) is 6.47 Å². The molecule has 28 heavy (non-hydrogen) atoms. The number of likely N-dealkylation sites (tertiary alicyclic amines) is 1. The lowest BCUT2D eigenvalue weighted by molar-refractivity contribution is -0.143. The highest BCUT2D eigenvalue weighted by Gasteiger charge is 2.28. The SMILES string of the molecule is O=C(O)C1CCC(n2ccnc2-c2cc(CN3CCCC3)cs2)CC1.O=CO. The van der Waals surface area contributed by atoms with Gasteiger partial charge in [0.05, 0.1) is 10.8 Å². The molecule has 8 heteroatoms. The minimum atomic E-state index is -0.644. The summed E-state index contributed by atoms with van der Waals surface area (Å²) < 4.78 is 2.27. The Hall–Kier alpha value is -2.19. The van der Waals surface area contributed by atoms with Crippen molar-refractivity contribution in [1.82, 2.24) is 14.5 Å². The Morgan fingerprint density at radius 1 is 1.25 bits per heavy atom. The zero-order valence-electron chi connectivity index (χ0n) is 15.9. The second kappa shape index (κ2) is 9.84. The van der Waals surface area contributed by atoms with Crippen molar-refractivity contribution in [3.8, 4) is 10.7 Å². The summed E-state index contributed by atoms with van der Waals surface area (Å²) in [4.78, 5) is 27.9. The van der Waals surface area contributed by atoms with Gasteiger partial charge in [-0.05, 0) is 68.6 Å². The molecule has 152 valence electrons. The van der Waals surface area contributed by atoms with Crippen LogP contribution in [0.3, 0.4) is 0 Å². The number of rotatable bonds is 5. The van der Waals surface area contributed by atoms with Gasteiger partial charge in [0.1, 0.15) is 5.82 Å². The van der Waals surface area contributed by atoms with Crippen LogP contribution >= 0.6 is 11.3 Å². The van der Waals surface area contributed by atoms with E-state index >= 15 is 0 Å². The van der Waals surface area contributed by atoms with E-state index in [9.17, 15) is 9.90 Å². The first-order valence-electron chi connectivity index (χ1n) is 9.76. The second-order valence-electron chi connectivity index (χ2n) is 7.41. The summed E-state index contributed by atoms with van der Waals surface area (Å²) in [6.07, 6.45) is 9.95. The van der Waals surface area contributed by atoms with Crippen LogP contribution in [0.4, 0.5) is 0 Å². The summed E-state index contributed by atoms with van der Waals surface area (Å²) in [5.41, 5.74) is 1.38. The first kappa shape index (κ1) is 20.5. The number of carboxylic acid groups (broad SMARTS) is 2. The van der Waals surface area contributed by atoms with Crippen LogP contribution in [-0.4, -0.2) is 50.2 Å². The van der Waals surface area contributed by atoms with Crippen molar-refractivity contribution in [3.63, 3.8) is 0 Å². The van der Waals surface area contributed by atoms with E-state index in [1.165, 1.54) is 36.4 Å². The fraction of sp³-hybridized carbons (Fsp3) is 0.550. The van der Waals surface area contributed by atoms with Gasteiger partial charge >= 0.3 is 5.97 Å². The lowest BCUT2D eigenvalue weighted by Gasteiger charge is -2.28. The molecule has 0 amide bonds. The van der Waals surface area contributed by atoms with Crippen LogP contribution in [0.25, 0.3) is 10.7 Å². The average molecular weight is 406 g/mol. The molecule has 2 aliphatic rings. The van der Waals surface area contributed by atoms with Crippen LogP contribution < -0.4 is 0 Å². The Balaban J connectivity index is 0.000000706. The second-order valence-corrected chi connectivity index (χ2v) is 8.32. The highest BCUT2D eigenvalue weighted by Crippen LogP contribution is 2.36. The van der Waals surface area contributed by atoms with E-state index in [4.69, 9.17) is 9.90 Å². The molecule has 7 nitrogen and oxygen atoms in total. The molecule has 0 radical (unpaired) electrons. The molecule has 1 saturated heterocycles. The minimum absolute atomic E-state index is 0.169. The summed E-state index contributed by atoms with van der Waals surface area (Å²) >= 11 is 1.77. The summed E-state index contributed by atoms with van der Waals surface area (Å²) in [5, 5.41) is 18.3. The van der Waals surface area contributed by atoms with Gasteiger partial charge in [-0.3, -0.25) is 14.5 Å². The quantitative estimate of drug-likeness (QED) is 0.736. The third-order valence-corrected chi connectivity index (χ3v) is 6.56. The van der Waals surface area contributed by atoms with Crippen molar-refractivity contribution in [2.45, 2.75) is 51.1 Å². The number of thiophene rings is 1. The van der Waals surface area contributed by atoms with E-state index < -0.39 is 5.97 Å². The van der Waals surface area contributed by atoms with Crippen molar-refractivity contribution in [2.75, 3.05) is 13.1 Å². The summed E-state index contributed by atoms with van der Waals surface area (Å²) in [6.45, 7) is 3.22. The third kappa shape index (κ3) is 4.99. The van der Waals surface area contributed by atoms with Crippen LogP contribution in [0.15, 0.2) is 23.8 Å². The minimum Gasteiger partial charge on any atom is -0.483 e. The number of aliphatic carboxylic acids is 1. The summed E-state index contributed by atoms with van der Waals surface area (Å²) in [7, 11) is 0. The van der Waals surface area contributed by atoms with E-state index in [1.54, 1.807) is 11.3 Å². The lowest BCUT2D eigenvalue weighted by Crippen LogP contribution is -2.23. The molecule has 0 bridgehead atoms. The number of hydrogen-bond acceptors (Lipinski definition) is 5.